The Labute approximate surface area is 175 Å². The highest BCUT2D eigenvalue weighted by molar-refractivity contribution is 5.81. The van der Waals surface area contributed by atoms with Gasteiger partial charge in [0.1, 0.15) is 6.54 Å². The van der Waals surface area contributed by atoms with Crippen LogP contribution in [-0.4, -0.2) is 37.4 Å². The summed E-state index contributed by atoms with van der Waals surface area (Å²) in [4.78, 5) is 43.0. The second kappa shape index (κ2) is 8.93. The van der Waals surface area contributed by atoms with Crippen LogP contribution in [0.5, 0.6) is 0 Å². The van der Waals surface area contributed by atoms with Gasteiger partial charge in [0, 0.05) is 24.2 Å². The monoisotopic (exact) mass is 412 g/mol. The second-order valence-electron chi connectivity index (χ2n) is 8.52. The lowest BCUT2D eigenvalue weighted by atomic mass is 9.88. The second-order valence-corrected chi connectivity index (χ2v) is 8.52. The minimum absolute atomic E-state index is 0.0149. The van der Waals surface area contributed by atoms with Crippen LogP contribution in [0.25, 0.3) is 10.9 Å². The number of hydrogen-bond acceptors (Lipinski definition) is 5. The average molecular weight is 412 g/mol. The predicted octanol–water partition coefficient (Wildman–Crippen LogP) is 3.80. The van der Waals surface area contributed by atoms with Gasteiger partial charge in [-0.3, -0.25) is 24.3 Å². The molecule has 160 valence electrons. The highest BCUT2D eigenvalue weighted by atomic mass is 16.6. The van der Waals surface area contributed by atoms with E-state index in [4.69, 9.17) is 0 Å². The van der Waals surface area contributed by atoms with E-state index in [1.165, 1.54) is 41.9 Å². The lowest BCUT2D eigenvalue weighted by Gasteiger charge is -2.42. The highest BCUT2D eigenvalue weighted by Crippen LogP contribution is 2.30. The molecule has 8 nitrogen and oxygen atoms in total. The van der Waals surface area contributed by atoms with Crippen LogP contribution in [-0.2, 0) is 11.3 Å². The molecule has 0 aliphatic heterocycles. The van der Waals surface area contributed by atoms with E-state index in [-0.39, 0.29) is 46.7 Å². The number of nitrogens with zero attached hydrogens (tertiary/aromatic N) is 4. The van der Waals surface area contributed by atoms with Crippen molar-refractivity contribution in [1.82, 2.24) is 14.5 Å². The highest BCUT2D eigenvalue weighted by Gasteiger charge is 2.32. The number of nitro benzene ring substituents is 1. The summed E-state index contributed by atoms with van der Waals surface area (Å²) in [5.41, 5.74) is -0.172. The van der Waals surface area contributed by atoms with Crippen molar-refractivity contribution in [3.05, 3.63) is 45.0 Å². The fourth-order valence-electron chi connectivity index (χ4n) is 5.02. The predicted molar refractivity (Wildman–Crippen MR) is 113 cm³/mol. The van der Waals surface area contributed by atoms with E-state index in [2.05, 4.69) is 9.88 Å². The van der Waals surface area contributed by atoms with Gasteiger partial charge in [0.15, 0.2) is 0 Å². The summed E-state index contributed by atoms with van der Waals surface area (Å²) < 4.78 is 1.34. The van der Waals surface area contributed by atoms with Gasteiger partial charge in [-0.05, 0) is 31.7 Å². The standard InChI is InChI=1S/C22H28N4O4/c27-21(25(16-7-3-1-4-8-16)17-9-5-2-6-10-17)14-24-15-23-20-13-18(26(29)30)11-12-19(20)22(24)28/h11-13,15-17H,1-10,14H2. The van der Waals surface area contributed by atoms with E-state index in [0.717, 1.165) is 51.4 Å². The number of benzene rings is 1. The van der Waals surface area contributed by atoms with Crippen molar-refractivity contribution >= 4 is 22.5 Å². The smallest absolute Gasteiger partial charge is 0.271 e. The topological polar surface area (TPSA) is 98.3 Å². The van der Waals surface area contributed by atoms with Crippen molar-refractivity contribution in [2.75, 3.05) is 0 Å². The Morgan fingerprint density at radius 1 is 1.07 bits per heavy atom. The molecule has 1 amide bonds. The summed E-state index contributed by atoms with van der Waals surface area (Å²) in [6.45, 7) is -0.0360. The Kier molecular flexibility index (Phi) is 6.11. The van der Waals surface area contributed by atoms with Crippen LogP contribution in [0.15, 0.2) is 29.3 Å². The number of amides is 1. The van der Waals surface area contributed by atoms with Crippen molar-refractivity contribution in [2.45, 2.75) is 82.8 Å². The third kappa shape index (κ3) is 4.22. The molecule has 2 aliphatic rings. The van der Waals surface area contributed by atoms with Gasteiger partial charge in [0.2, 0.25) is 5.91 Å². The number of fused-ring (bicyclic) bond motifs is 1. The summed E-state index contributed by atoms with van der Waals surface area (Å²) in [6, 6.07) is 4.54. The summed E-state index contributed by atoms with van der Waals surface area (Å²) in [5, 5.41) is 11.3. The Balaban J connectivity index is 1.60. The van der Waals surface area contributed by atoms with Crippen LogP contribution in [0.2, 0.25) is 0 Å². The molecule has 0 saturated heterocycles. The summed E-state index contributed by atoms with van der Waals surface area (Å²) in [6.07, 6.45) is 12.5. The van der Waals surface area contributed by atoms with Gasteiger partial charge in [-0.25, -0.2) is 4.98 Å². The fraction of sp³-hybridized carbons (Fsp3) is 0.591. The van der Waals surface area contributed by atoms with Crippen molar-refractivity contribution in [3.8, 4) is 0 Å². The van der Waals surface area contributed by atoms with E-state index in [1.807, 2.05) is 0 Å². The lowest BCUT2D eigenvalue weighted by molar-refractivity contribution is -0.384. The molecular formula is C22H28N4O4. The maximum atomic E-state index is 13.4. The van der Waals surface area contributed by atoms with Gasteiger partial charge >= 0.3 is 0 Å². The minimum atomic E-state index is -0.512. The van der Waals surface area contributed by atoms with Crippen LogP contribution in [0.1, 0.15) is 64.2 Å². The number of non-ortho nitro benzene ring substituents is 1. The van der Waals surface area contributed by atoms with Crippen molar-refractivity contribution in [2.24, 2.45) is 0 Å². The van der Waals surface area contributed by atoms with Gasteiger partial charge in [-0.15, -0.1) is 0 Å². The van der Waals surface area contributed by atoms with Crippen LogP contribution in [0.3, 0.4) is 0 Å². The number of carbonyl (C=O) groups excluding carboxylic acids is 1. The molecule has 2 fully saturated rings. The van der Waals surface area contributed by atoms with E-state index >= 15 is 0 Å². The zero-order chi connectivity index (χ0) is 21.1. The quantitative estimate of drug-likeness (QED) is 0.549. The van der Waals surface area contributed by atoms with Gasteiger partial charge in [0.25, 0.3) is 11.2 Å². The van der Waals surface area contributed by atoms with Crippen molar-refractivity contribution in [1.29, 1.82) is 0 Å². The number of rotatable bonds is 5. The number of nitro groups is 1. The van der Waals surface area contributed by atoms with Crippen LogP contribution >= 0.6 is 0 Å². The SMILES string of the molecule is O=C(Cn1cnc2cc([N+](=O)[O-])ccc2c1=O)N(C1CCCCC1)C1CCCCC1. The summed E-state index contributed by atoms with van der Waals surface area (Å²) in [5.74, 6) is -0.0149. The Morgan fingerprint density at radius 2 is 1.67 bits per heavy atom. The maximum absolute atomic E-state index is 13.4. The first-order valence-corrected chi connectivity index (χ1v) is 11.0. The zero-order valence-electron chi connectivity index (χ0n) is 17.2. The summed E-state index contributed by atoms with van der Waals surface area (Å²) >= 11 is 0. The maximum Gasteiger partial charge on any atom is 0.271 e. The first-order chi connectivity index (χ1) is 14.5. The molecule has 30 heavy (non-hydrogen) atoms. The van der Waals surface area contributed by atoms with Crippen LogP contribution in [0, 0.1) is 10.1 Å². The molecule has 0 bridgehead atoms. The Bertz CT molecular complexity index is 972. The first-order valence-electron chi connectivity index (χ1n) is 11.0. The molecule has 2 aliphatic carbocycles. The van der Waals surface area contributed by atoms with E-state index < -0.39 is 4.92 Å². The molecule has 0 atom stereocenters. The van der Waals surface area contributed by atoms with E-state index in [1.54, 1.807) is 0 Å². The van der Waals surface area contributed by atoms with Gasteiger partial charge in [0.05, 0.1) is 22.2 Å². The molecule has 0 N–H and O–H groups in total. The molecule has 4 rings (SSSR count). The van der Waals surface area contributed by atoms with E-state index in [0.29, 0.717) is 0 Å². The zero-order valence-corrected chi connectivity index (χ0v) is 17.2. The fourth-order valence-corrected chi connectivity index (χ4v) is 5.02. The molecule has 0 unspecified atom stereocenters. The third-order valence-electron chi connectivity index (χ3n) is 6.55. The molecule has 8 heteroatoms. The molecular weight excluding hydrogens is 384 g/mol. The number of carbonyl (C=O) groups is 1. The lowest BCUT2D eigenvalue weighted by Crippen LogP contribution is -2.50. The number of hydrogen-bond donors (Lipinski definition) is 0. The molecule has 1 heterocycles. The van der Waals surface area contributed by atoms with Crippen LogP contribution < -0.4 is 5.56 Å². The molecule has 0 radical (unpaired) electrons. The van der Waals surface area contributed by atoms with Gasteiger partial charge < -0.3 is 4.90 Å². The van der Waals surface area contributed by atoms with Crippen molar-refractivity contribution < 1.29 is 9.72 Å². The summed E-state index contributed by atoms with van der Waals surface area (Å²) in [7, 11) is 0. The largest absolute Gasteiger partial charge is 0.335 e. The van der Waals surface area contributed by atoms with Crippen LogP contribution in [0.4, 0.5) is 5.69 Å². The van der Waals surface area contributed by atoms with E-state index in [9.17, 15) is 19.7 Å². The minimum Gasteiger partial charge on any atom is -0.335 e. The molecule has 0 spiro atoms. The molecule has 2 aromatic rings. The Morgan fingerprint density at radius 3 is 2.23 bits per heavy atom. The first kappa shape index (κ1) is 20.5. The normalized spacial score (nSPS) is 18.4. The molecule has 1 aromatic heterocycles. The van der Waals surface area contributed by atoms with Crippen molar-refractivity contribution in [3.63, 3.8) is 0 Å². The van der Waals surface area contributed by atoms with Gasteiger partial charge in [-0.1, -0.05) is 38.5 Å². The third-order valence-corrected chi connectivity index (χ3v) is 6.55. The average Bonchev–Trinajstić information content (AvgIpc) is 2.77. The Hall–Kier alpha value is -2.77. The number of aromatic nitrogens is 2. The van der Waals surface area contributed by atoms with Gasteiger partial charge in [-0.2, -0.15) is 0 Å². The molecule has 1 aromatic carbocycles. The molecule has 2 saturated carbocycles.